The van der Waals surface area contributed by atoms with Crippen LogP contribution in [0.5, 0.6) is 0 Å². The summed E-state index contributed by atoms with van der Waals surface area (Å²) in [6.45, 7) is 5.70. The zero-order valence-electron chi connectivity index (χ0n) is 13.2. The number of nitrogens with one attached hydrogen (secondary N) is 1. The summed E-state index contributed by atoms with van der Waals surface area (Å²) < 4.78 is 5.11. The van der Waals surface area contributed by atoms with Gasteiger partial charge in [0.05, 0.1) is 5.52 Å². The first-order chi connectivity index (χ1) is 10.2. The van der Waals surface area contributed by atoms with E-state index < -0.39 is 0 Å². The summed E-state index contributed by atoms with van der Waals surface area (Å²) in [5, 5.41) is 4.57. The number of benzene rings is 1. The third-order valence-electron chi connectivity index (χ3n) is 3.48. The standard InChI is InChI=1S/C17H25N3O/c1-4-18-17-15(13-20(2)10-7-11-21-3)12-14-8-5-6-9-16(14)19-17/h5-6,8-9,12H,4,7,10-11,13H2,1-3H3,(H,18,19). The lowest BCUT2D eigenvalue weighted by Gasteiger charge is -2.19. The van der Waals surface area contributed by atoms with Crippen LogP contribution < -0.4 is 5.32 Å². The Morgan fingerprint density at radius 3 is 2.86 bits per heavy atom. The second kappa shape index (κ2) is 7.96. The third-order valence-corrected chi connectivity index (χ3v) is 3.48. The molecule has 0 atom stereocenters. The number of ether oxygens (including phenoxy) is 1. The highest BCUT2D eigenvalue weighted by Crippen LogP contribution is 2.21. The summed E-state index contributed by atoms with van der Waals surface area (Å²) in [7, 11) is 3.89. The van der Waals surface area contributed by atoms with E-state index in [0.717, 1.165) is 44.0 Å². The smallest absolute Gasteiger partial charge is 0.131 e. The first-order valence-electron chi connectivity index (χ1n) is 7.54. The van der Waals surface area contributed by atoms with E-state index in [1.54, 1.807) is 7.11 Å². The molecule has 0 fully saturated rings. The van der Waals surface area contributed by atoms with Gasteiger partial charge in [-0.3, -0.25) is 0 Å². The monoisotopic (exact) mass is 287 g/mol. The van der Waals surface area contributed by atoms with Crippen molar-refractivity contribution < 1.29 is 4.74 Å². The van der Waals surface area contributed by atoms with Crippen LogP contribution >= 0.6 is 0 Å². The van der Waals surface area contributed by atoms with E-state index in [1.807, 2.05) is 6.07 Å². The van der Waals surface area contributed by atoms with E-state index in [-0.39, 0.29) is 0 Å². The SMILES string of the molecule is CCNc1nc2ccccc2cc1CN(C)CCCOC. The maximum absolute atomic E-state index is 5.11. The number of para-hydroxylation sites is 1. The zero-order chi connectivity index (χ0) is 15.1. The fourth-order valence-corrected chi connectivity index (χ4v) is 2.45. The molecule has 1 aromatic heterocycles. The van der Waals surface area contributed by atoms with Crippen LogP contribution in [0, 0.1) is 0 Å². The number of hydrogen-bond acceptors (Lipinski definition) is 4. The summed E-state index contributed by atoms with van der Waals surface area (Å²) in [5.41, 5.74) is 2.29. The number of aromatic nitrogens is 1. The van der Waals surface area contributed by atoms with Crippen LogP contribution in [-0.2, 0) is 11.3 Å². The molecule has 0 aliphatic rings. The average molecular weight is 287 g/mol. The van der Waals surface area contributed by atoms with Crippen LogP contribution in [0.2, 0.25) is 0 Å². The average Bonchev–Trinajstić information content (AvgIpc) is 2.48. The van der Waals surface area contributed by atoms with E-state index >= 15 is 0 Å². The van der Waals surface area contributed by atoms with Crippen molar-refractivity contribution in [3.05, 3.63) is 35.9 Å². The van der Waals surface area contributed by atoms with E-state index in [4.69, 9.17) is 9.72 Å². The number of fused-ring (bicyclic) bond motifs is 1. The van der Waals surface area contributed by atoms with Crippen LogP contribution in [0.3, 0.4) is 0 Å². The molecule has 0 saturated heterocycles. The Morgan fingerprint density at radius 2 is 2.10 bits per heavy atom. The maximum Gasteiger partial charge on any atom is 0.131 e. The van der Waals surface area contributed by atoms with Gasteiger partial charge in [-0.1, -0.05) is 18.2 Å². The molecule has 1 N–H and O–H groups in total. The van der Waals surface area contributed by atoms with Crippen molar-refractivity contribution in [1.82, 2.24) is 9.88 Å². The van der Waals surface area contributed by atoms with E-state index in [2.05, 4.69) is 48.5 Å². The molecule has 2 aromatic rings. The van der Waals surface area contributed by atoms with Gasteiger partial charge in [-0.25, -0.2) is 4.98 Å². The number of nitrogens with zero attached hydrogens (tertiary/aromatic N) is 2. The van der Waals surface area contributed by atoms with Crippen molar-refractivity contribution in [2.24, 2.45) is 0 Å². The normalized spacial score (nSPS) is 11.2. The molecule has 2 rings (SSSR count). The van der Waals surface area contributed by atoms with Gasteiger partial charge in [0.1, 0.15) is 5.82 Å². The number of methoxy groups -OCH3 is 1. The van der Waals surface area contributed by atoms with Gasteiger partial charge in [0.25, 0.3) is 0 Å². The van der Waals surface area contributed by atoms with E-state index in [9.17, 15) is 0 Å². The zero-order valence-corrected chi connectivity index (χ0v) is 13.2. The second-order valence-electron chi connectivity index (χ2n) is 5.30. The van der Waals surface area contributed by atoms with Gasteiger partial charge in [0, 0.05) is 44.3 Å². The van der Waals surface area contributed by atoms with Crippen LogP contribution in [-0.4, -0.2) is 43.7 Å². The minimum absolute atomic E-state index is 0.806. The summed E-state index contributed by atoms with van der Waals surface area (Å²) >= 11 is 0. The van der Waals surface area contributed by atoms with Crippen molar-refractivity contribution in [1.29, 1.82) is 0 Å². The van der Waals surface area contributed by atoms with Crippen LogP contribution in [0.1, 0.15) is 18.9 Å². The Balaban J connectivity index is 2.17. The van der Waals surface area contributed by atoms with Gasteiger partial charge in [-0.15, -0.1) is 0 Å². The number of hydrogen-bond donors (Lipinski definition) is 1. The Labute approximate surface area is 127 Å². The second-order valence-corrected chi connectivity index (χ2v) is 5.30. The van der Waals surface area contributed by atoms with Gasteiger partial charge in [0.15, 0.2) is 0 Å². The summed E-state index contributed by atoms with van der Waals surface area (Å²) in [6.07, 6.45) is 1.05. The van der Waals surface area contributed by atoms with Crippen LogP contribution in [0.25, 0.3) is 10.9 Å². The van der Waals surface area contributed by atoms with Crippen molar-refractivity contribution in [2.75, 3.05) is 39.2 Å². The van der Waals surface area contributed by atoms with E-state index in [1.165, 1.54) is 10.9 Å². The molecule has 0 saturated carbocycles. The fourth-order valence-electron chi connectivity index (χ4n) is 2.45. The quantitative estimate of drug-likeness (QED) is 0.757. The lowest BCUT2D eigenvalue weighted by molar-refractivity contribution is 0.178. The third kappa shape index (κ3) is 4.41. The molecule has 0 aliphatic heterocycles. The minimum atomic E-state index is 0.806. The van der Waals surface area contributed by atoms with Gasteiger partial charge in [-0.05, 0) is 32.5 Å². The molecule has 21 heavy (non-hydrogen) atoms. The lowest BCUT2D eigenvalue weighted by atomic mass is 10.1. The van der Waals surface area contributed by atoms with Crippen LogP contribution in [0.4, 0.5) is 5.82 Å². The molecule has 0 spiro atoms. The van der Waals surface area contributed by atoms with Crippen molar-refractivity contribution >= 4 is 16.7 Å². The molecular formula is C17H25N3O. The topological polar surface area (TPSA) is 37.4 Å². The van der Waals surface area contributed by atoms with Gasteiger partial charge >= 0.3 is 0 Å². The molecule has 114 valence electrons. The Hall–Kier alpha value is -1.65. The van der Waals surface area contributed by atoms with Gasteiger partial charge in [0.2, 0.25) is 0 Å². The molecule has 4 nitrogen and oxygen atoms in total. The molecule has 0 radical (unpaired) electrons. The molecule has 1 heterocycles. The van der Waals surface area contributed by atoms with Crippen molar-refractivity contribution in [3.8, 4) is 0 Å². The molecular weight excluding hydrogens is 262 g/mol. The Kier molecular flexibility index (Phi) is 5.96. The molecule has 0 amide bonds. The number of anilines is 1. The van der Waals surface area contributed by atoms with Crippen molar-refractivity contribution in [3.63, 3.8) is 0 Å². The first-order valence-corrected chi connectivity index (χ1v) is 7.54. The van der Waals surface area contributed by atoms with Crippen LogP contribution in [0.15, 0.2) is 30.3 Å². The molecule has 4 heteroatoms. The fraction of sp³-hybridized carbons (Fsp3) is 0.471. The molecule has 0 unspecified atom stereocenters. The predicted molar refractivity (Wildman–Crippen MR) is 88.7 cm³/mol. The number of pyridine rings is 1. The highest BCUT2D eigenvalue weighted by molar-refractivity contribution is 5.81. The van der Waals surface area contributed by atoms with E-state index in [0.29, 0.717) is 0 Å². The predicted octanol–water partition coefficient (Wildman–Crippen LogP) is 3.13. The molecule has 0 aliphatic carbocycles. The van der Waals surface area contributed by atoms with Gasteiger partial charge in [-0.2, -0.15) is 0 Å². The first kappa shape index (κ1) is 15.7. The highest BCUT2D eigenvalue weighted by Gasteiger charge is 2.08. The summed E-state index contributed by atoms with van der Waals surface area (Å²) in [5.74, 6) is 0.995. The Bertz CT molecular complexity index is 571. The molecule has 1 aromatic carbocycles. The minimum Gasteiger partial charge on any atom is -0.385 e. The highest BCUT2D eigenvalue weighted by atomic mass is 16.5. The summed E-state index contributed by atoms with van der Waals surface area (Å²) in [6, 6.07) is 10.5. The Morgan fingerprint density at radius 1 is 1.29 bits per heavy atom. The lowest BCUT2D eigenvalue weighted by Crippen LogP contribution is -2.21. The summed E-state index contributed by atoms with van der Waals surface area (Å²) in [4.78, 5) is 7.06. The number of rotatable bonds is 8. The largest absolute Gasteiger partial charge is 0.385 e. The maximum atomic E-state index is 5.11. The van der Waals surface area contributed by atoms with Crippen molar-refractivity contribution in [2.45, 2.75) is 19.9 Å². The van der Waals surface area contributed by atoms with Gasteiger partial charge < -0.3 is 15.0 Å². The molecule has 0 bridgehead atoms.